The van der Waals surface area contributed by atoms with Crippen molar-refractivity contribution in [1.29, 1.82) is 0 Å². The molecule has 2 fully saturated rings. The number of aryl methyl sites for hydroxylation is 1. The fourth-order valence-corrected chi connectivity index (χ4v) is 3.47. The van der Waals surface area contributed by atoms with Crippen LogP contribution in [0.25, 0.3) is 0 Å². The summed E-state index contributed by atoms with van der Waals surface area (Å²) >= 11 is 0. The van der Waals surface area contributed by atoms with Crippen molar-refractivity contribution < 1.29 is 9.59 Å². The molecule has 1 atom stereocenters. The zero-order chi connectivity index (χ0) is 17.8. The van der Waals surface area contributed by atoms with Crippen molar-refractivity contribution in [2.45, 2.75) is 52.0 Å². The Hall–Kier alpha value is -1.88. The van der Waals surface area contributed by atoms with Crippen LogP contribution in [-0.2, 0) is 4.79 Å². The van der Waals surface area contributed by atoms with Gasteiger partial charge in [0.1, 0.15) is 0 Å². The first kappa shape index (κ1) is 17.9. The molecule has 5 heteroatoms. The Labute approximate surface area is 150 Å². The van der Waals surface area contributed by atoms with Gasteiger partial charge in [0.05, 0.1) is 0 Å². The number of rotatable bonds is 6. The van der Waals surface area contributed by atoms with Crippen molar-refractivity contribution in [3.05, 3.63) is 29.3 Å². The molecule has 1 aliphatic heterocycles. The number of piperidine rings is 1. The zero-order valence-corrected chi connectivity index (χ0v) is 15.2. The largest absolute Gasteiger partial charge is 0.349 e. The molecule has 1 saturated carbocycles. The second-order valence-corrected chi connectivity index (χ2v) is 7.59. The predicted molar refractivity (Wildman–Crippen MR) is 99.7 cm³/mol. The lowest BCUT2D eigenvalue weighted by molar-refractivity contribution is -0.117. The van der Waals surface area contributed by atoms with Crippen LogP contribution in [0.3, 0.4) is 0 Å². The van der Waals surface area contributed by atoms with Crippen molar-refractivity contribution in [1.82, 2.24) is 10.6 Å². The fraction of sp³-hybridized carbons (Fsp3) is 0.600. The van der Waals surface area contributed by atoms with Crippen molar-refractivity contribution in [2.24, 2.45) is 11.8 Å². The van der Waals surface area contributed by atoms with Crippen LogP contribution in [0.2, 0.25) is 0 Å². The van der Waals surface area contributed by atoms with Gasteiger partial charge < -0.3 is 16.0 Å². The Bertz CT molecular complexity index is 634. The third kappa shape index (κ3) is 5.05. The lowest BCUT2D eigenvalue weighted by Gasteiger charge is -2.28. The molecule has 1 saturated heterocycles. The van der Waals surface area contributed by atoms with Crippen LogP contribution in [-0.4, -0.2) is 30.9 Å². The van der Waals surface area contributed by atoms with Gasteiger partial charge in [0.2, 0.25) is 5.91 Å². The highest BCUT2D eigenvalue weighted by molar-refractivity contribution is 5.98. The van der Waals surface area contributed by atoms with E-state index in [2.05, 4.69) is 22.9 Å². The van der Waals surface area contributed by atoms with Crippen LogP contribution in [0.4, 0.5) is 5.69 Å². The van der Waals surface area contributed by atoms with Crippen LogP contribution >= 0.6 is 0 Å². The summed E-state index contributed by atoms with van der Waals surface area (Å²) in [6.07, 6.45) is 4.95. The standard InChI is InChI=1S/C20H29N3O2/c1-13-3-4-16(20(25)22-17-5-6-17)12-18(13)23-19(24)11-14(2)15-7-9-21-10-8-15/h3-4,12,14-15,17,21H,5-11H2,1-2H3,(H,22,25)(H,23,24). The molecule has 3 rings (SSSR count). The first-order valence-corrected chi connectivity index (χ1v) is 9.45. The number of carbonyl (C=O) groups excluding carboxylic acids is 2. The second-order valence-electron chi connectivity index (χ2n) is 7.59. The zero-order valence-electron chi connectivity index (χ0n) is 15.2. The summed E-state index contributed by atoms with van der Waals surface area (Å²) in [4.78, 5) is 24.7. The SMILES string of the molecule is Cc1ccc(C(=O)NC2CC2)cc1NC(=O)CC(C)C1CCNCC1. The molecule has 0 radical (unpaired) electrons. The van der Waals surface area contributed by atoms with Gasteiger partial charge in [-0.3, -0.25) is 9.59 Å². The monoisotopic (exact) mass is 343 g/mol. The van der Waals surface area contributed by atoms with E-state index in [1.165, 1.54) is 0 Å². The molecular formula is C20H29N3O2. The van der Waals surface area contributed by atoms with E-state index in [9.17, 15) is 9.59 Å². The maximum Gasteiger partial charge on any atom is 0.251 e. The number of carbonyl (C=O) groups is 2. The molecule has 1 aromatic rings. The topological polar surface area (TPSA) is 70.2 Å². The maximum absolute atomic E-state index is 12.5. The summed E-state index contributed by atoms with van der Waals surface area (Å²) < 4.78 is 0. The molecule has 136 valence electrons. The quantitative estimate of drug-likeness (QED) is 0.744. The minimum atomic E-state index is -0.0546. The minimum Gasteiger partial charge on any atom is -0.349 e. The van der Waals surface area contributed by atoms with Gasteiger partial charge in [0.15, 0.2) is 0 Å². The molecule has 1 aliphatic carbocycles. The van der Waals surface area contributed by atoms with Crippen LogP contribution < -0.4 is 16.0 Å². The third-order valence-electron chi connectivity index (χ3n) is 5.38. The van der Waals surface area contributed by atoms with Crippen molar-refractivity contribution in [3.63, 3.8) is 0 Å². The Balaban J connectivity index is 1.58. The summed E-state index contributed by atoms with van der Waals surface area (Å²) in [5, 5.41) is 9.36. The lowest BCUT2D eigenvalue weighted by atomic mass is 9.84. The van der Waals surface area contributed by atoms with Crippen LogP contribution in [0.1, 0.15) is 54.9 Å². The average Bonchev–Trinajstić information content (AvgIpc) is 3.41. The molecule has 1 aromatic carbocycles. The van der Waals surface area contributed by atoms with Crippen molar-refractivity contribution >= 4 is 17.5 Å². The van der Waals surface area contributed by atoms with E-state index in [0.717, 1.165) is 50.0 Å². The molecule has 5 nitrogen and oxygen atoms in total. The van der Waals surface area contributed by atoms with E-state index >= 15 is 0 Å². The van der Waals surface area contributed by atoms with Gasteiger partial charge in [0.25, 0.3) is 5.91 Å². The number of hydrogen-bond acceptors (Lipinski definition) is 3. The number of amides is 2. The molecule has 3 N–H and O–H groups in total. The highest BCUT2D eigenvalue weighted by Gasteiger charge is 2.24. The molecule has 0 bridgehead atoms. The van der Waals surface area contributed by atoms with Gasteiger partial charge in [0, 0.05) is 23.7 Å². The molecular weight excluding hydrogens is 314 g/mol. The average molecular weight is 343 g/mol. The maximum atomic E-state index is 12.5. The highest BCUT2D eigenvalue weighted by Crippen LogP contribution is 2.25. The third-order valence-corrected chi connectivity index (χ3v) is 5.38. The van der Waals surface area contributed by atoms with Crippen LogP contribution in [0.5, 0.6) is 0 Å². The smallest absolute Gasteiger partial charge is 0.251 e. The minimum absolute atomic E-state index is 0.0360. The summed E-state index contributed by atoms with van der Waals surface area (Å²) in [6, 6.07) is 5.84. The first-order valence-electron chi connectivity index (χ1n) is 9.45. The van der Waals surface area contributed by atoms with Gasteiger partial charge in [-0.1, -0.05) is 13.0 Å². The first-order chi connectivity index (χ1) is 12.0. The van der Waals surface area contributed by atoms with Gasteiger partial charge >= 0.3 is 0 Å². The number of benzene rings is 1. The normalized spacial score (nSPS) is 19.3. The van der Waals surface area contributed by atoms with Crippen molar-refractivity contribution in [2.75, 3.05) is 18.4 Å². The van der Waals surface area contributed by atoms with Crippen LogP contribution in [0, 0.1) is 18.8 Å². The summed E-state index contributed by atoms with van der Waals surface area (Å²) in [5.74, 6) is 0.975. The van der Waals surface area contributed by atoms with Crippen LogP contribution in [0.15, 0.2) is 18.2 Å². The Morgan fingerprint density at radius 3 is 2.60 bits per heavy atom. The Morgan fingerprint density at radius 1 is 1.20 bits per heavy atom. The molecule has 0 spiro atoms. The molecule has 2 amide bonds. The molecule has 1 unspecified atom stereocenters. The summed E-state index contributed by atoms with van der Waals surface area (Å²) in [7, 11) is 0. The fourth-order valence-electron chi connectivity index (χ4n) is 3.47. The number of hydrogen-bond donors (Lipinski definition) is 3. The van der Waals surface area contributed by atoms with Gasteiger partial charge in [-0.15, -0.1) is 0 Å². The molecule has 2 aliphatic rings. The number of anilines is 1. The van der Waals surface area contributed by atoms with E-state index in [1.54, 1.807) is 6.07 Å². The molecule has 1 heterocycles. The predicted octanol–water partition coefficient (Wildman–Crippen LogP) is 2.85. The van der Waals surface area contributed by atoms with E-state index in [-0.39, 0.29) is 11.8 Å². The Kier molecular flexibility index (Phi) is 5.74. The van der Waals surface area contributed by atoms with Crippen molar-refractivity contribution in [3.8, 4) is 0 Å². The van der Waals surface area contributed by atoms with E-state index < -0.39 is 0 Å². The highest BCUT2D eigenvalue weighted by atomic mass is 16.2. The molecule has 25 heavy (non-hydrogen) atoms. The van der Waals surface area contributed by atoms with E-state index in [1.807, 2.05) is 19.1 Å². The van der Waals surface area contributed by atoms with E-state index in [4.69, 9.17) is 0 Å². The van der Waals surface area contributed by atoms with Gasteiger partial charge in [-0.05, 0) is 75.2 Å². The summed E-state index contributed by atoms with van der Waals surface area (Å²) in [6.45, 7) is 6.22. The second kappa shape index (κ2) is 8.00. The van der Waals surface area contributed by atoms with Gasteiger partial charge in [-0.2, -0.15) is 0 Å². The lowest BCUT2D eigenvalue weighted by Crippen LogP contribution is -2.32. The number of nitrogens with one attached hydrogen (secondary N) is 3. The summed E-state index contributed by atoms with van der Waals surface area (Å²) in [5.41, 5.74) is 2.33. The molecule has 0 aromatic heterocycles. The van der Waals surface area contributed by atoms with E-state index in [0.29, 0.717) is 29.9 Å². The Morgan fingerprint density at radius 2 is 1.92 bits per heavy atom. The van der Waals surface area contributed by atoms with Gasteiger partial charge in [-0.25, -0.2) is 0 Å².